The Morgan fingerprint density at radius 2 is 1.88 bits per heavy atom. The summed E-state index contributed by atoms with van der Waals surface area (Å²) in [6.45, 7) is 0.109. The minimum absolute atomic E-state index is 0.0583. The van der Waals surface area contributed by atoms with Gasteiger partial charge < -0.3 is 15.0 Å². The van der Waals surface area contributed by atoms with Crippen molar-refractivity contribution in [2.45, 2.75) is 63.5 Å². The van der Waals surface area contributed by atoms with E-state index in [9.17, 15) is 9.59 Å². The van der Waals surface area contributed by atoms with Crippen molar-refractivity contribution < 1.29 is 14.3 Å². The van der Waals surface area contributed by atoms with Gasteiger partial charge in [0.2, 0.25) is 5.91 Å². The minimum atomic E-state index is 0.0583. The molecule has 4 rings (SSSR count). The average molecular weight is 328 g/mol. The van der Waals surface area contributed by atoms with Crippen molar-refractivity contribution in [3.63, 3.8) is 0 Å². The van der Waals surface area contributed by atoms with Crippen LogP contribution < -0.4 is 10.1 Å². The van der Waals surface area contributed by atoms with Gasteiger partial charge in [0.1, 0.15) is 5.75 Å². The Kier molecular flexibility index (Phi) is 4.17. The summed E-state index contributed by atoms with van der Waals surface area (Å²) in [5, 5.41) is 2.86. The lowest BCUT2D eigenvalue weighted by atomic mass is 10.0. The molecule has 2 amide bonds. The van der Waals surface area contributed by atoms with Gasteiger partial charge in [0.15, 0.2) is 6.61 Å². The van der Waals surface area contributed by atoms with E-state index in [4.69, 9.17) is 4.74 Å². The van der Waals surface area contributed by atoms with E-state index in [-0.39, 0.29) is 18.4 Å². The normalized spacial score (nSPS) is 20.4. The van der Waals surface area contributed by atoms with Crippen LogP contribution in [0, 0.1) is 0 Å². The molecular formula is C19H24N2O3. The molecule has 2 saturated carbocycles. The zero-order chi connectivity index (χ0) is 16.5. The Morgan fingerprint density at radius 1 is 1.12 bits per heavy atom. The number of benzene rings is 1. The van der Waals surface area contributed by atoms with Crippen LogP contribution in [-0.4, -0.2) is 35.4 Å². The quantitative estimate of drug-likeness (QED) is 0.904. The van der Waals surface area contributed by atoms with Gasteiger partial charge in [-0.05, 0) is 55.9 Å². The first-order valence-corrected chi connectivity index (χ1v) is 9.07. The summed E-state index contributed by atoms with van der Waals surface area (Å²) in [6, 6.07) is 6.51. The predicted molar refractivity (Wildman–Crippen MR) is 91.0 cm³/mol. The SMILES string of the molecule is O=C1CCc2cc(OCC(=O)N(C3CCCC3)C3CC3)ccc2N1. The standard InChI is InChI=1S/C19H24N2O3/c22-18-10-5-13-11-16(8-9-17(13)20-18)24-12-19(23)21(15-6-7-15)14-3-1-2-4-14/h8-9,11,14-15H,1-7,10,12H2,(H,20,22). The second-order valence-electron chi connectivity index (χ2n) is 7.13. The number of carbonyl (C=O) groups is 2. The van der Waals surface area contributed by atoms with Crippen molar-refractivity contribution in [1.29, 1.82) is 0 Å². The Balaban J connectivity index is 1.39. The Morgan fingerprint density at radius 3 is 2.62 bits per heavy atom. The van der Waals surface area contributed by atoms with Crippen molar-refractivity contribution in [3.05, 3.63) is 23.8 Å². The fourth-order valence-corrected chi connectivity index (χ4v) is 3.91. The molecule has 24 heavy (non-hydrogen) atoms. The summed E-state index contributed by atoms with van der Waals surface area (Å²) in [4.78, 5) is 26.2. The van der Waals surface area contributed by atoms with Gasteiger partial charge >= 0.3 is 0 Å². The number of fused-ring (bicyclic) bond motifs is 1. The maximum absolute atomic E-state index is 12.7. The van der Waals surface area contributed by atoms with E-state index in [2.05, 4.69) is 10.2 Å². The molecule has 1 aromatic rings. The lowest BCUT2D eigenvalue weighted by Gasteiger charge is -2.29. The highest BCUT2D eigenvalue weighted by atomic mass is 16.5. The molecule has 5 heteroatoms. The Labute approximate surface area is 142 Å². The first-order valence-electron chi connectivity index (χ1n) is 9.07. The second-order valence-corrected chi connectivity index (χ2v) is 7.13. The highest BCUT2D eigenvalue weighted by Gasteiger charge is 2.38. The van der Waals surface area contributed by atoms with E-state index in [1.54, 1.807) is 0 Å². The third-order valence-electron chi connectivity index (χ3n) is 5.28. The molecule has 0 aromatic heterocycles. The van der Waals surface area contributed by atoms with Crippen LogP contribution in [0.1, 0.15) is 50.5 Å². The second kappa shape index (κ2) is 6.46. The van der Waals surface area contributed by atoms with Crippen LogP contribution in [0.15, 0.2) is 18.2 Å². The van der Waals surface area contributed by atoms with Gasteiger partial charge in [0.05, 0.1) is 0 Å². The van der Waals surface area contributed by atoms with Crippen LogP contribution in [-0.2, 0) is 16.0 Å². The minimum Gasteiger partial charge on any atom is -0.484 e. The van der Waals surface area contributed by atoms with E-state index in [0.29, 0.717) is 24.3 Å². The fraction of sp³-hybridized carbons (Fsp3) is 0.579. The smallest absolute Gasteiger partial charge is 0.261 e. The molecule has 1 aromatic carbocycles. The largest absolute Gasteiger partial charge is 0.484 e. The molecule has 0 atom stereocenters. The van der Waals surface area contributed by atoms with Gasteiger partial charge in [-0.25, -0.2) is 0 Å². The van der Waals surface area contributed by atoms with Gasteiger partial charge in [-0.1, -0.05) is 12.8 Å². The Hall–Kier alpha value is -2.04. The lowest BCUT2D eigenvalue weighted by molar-refractivity contribution is -0.136. The van der Waals surface area contributed by atoms with E-state index in [1.807, 2.05) is 18.2 Å². The molecule has 128 valence electrons. The Bertz CT molecular complexity index is 648. The number of carbonyl (C=O) groups excluding carboxylic acids is 2. The van der Waals surface area contributed by atoms with Crippen molar-refractivity contribution in [2.75, 3.05) is 11.9 Å². The molecule has 5 nitrogen and oxygen atoms in total. The molecule has 1 aliphatic heterocycles. The number of nitrogens with one attached hydrogen (secondary N) is 1. The summed E-state index contributed by atoms with van der Waals surface area (Å²) in [7, 11) is 0. The molecule has 0 spiro atoms. The molecule has 0 bridgehead atoms. The van der Waals surface area contributed by atoms with Crippen LogP contribution in [0.25, 0.3) is 0 Å². The van der Waals surface area contributed by atoms with E-state index >= 15 is 0 Å². The van der Waals surface area contributed by atoms with E-state index in [1.165, 1.54) is 12.8 Å². The molecule has 0 unspecified atom stereocenters. The maximum Gasteiger partial charge on any atom is 0.261 e. The highest BCUT2D eigenvalue weighted by molar-refractivity contribution is 5.94. The molecule has 0 radical (unpaired) electrons. The van der Waals surface area contributed by atoms with Gasteiger partial charge in [0.25, 0.3) is 5.91 Å². The van der Waals surface area contributed by atoms with Gasteiger partial charge in [-0.2, -0.15) is 0 Å². The summed E-state index contributed by atoms with van der Waals surface area (Å²) in [5.41, 5.74) is 1.94. The summed E-state index contributed by atoms with van der Waals surface area (Å²) < 4.78 is 5.78. The van der Waals surface area contributed by atoms with Crippen molar-refractivity contribution in [1.82, 2.24) is 4.90 Å². The van der Waals surface area contributed by atoms with Crippen LogP contribution in [0.5, 0.6) is 5.75 Å². The van der Waals surface area contributed by atoms with Gasteiger partial charge in [0, 0.05) is 24.2 Å². The molecule has 2 aliphatic carbocycles. The maximum atomic E-state index is 12.7. The predicted octanol–water partition coefficient (Wildman–Crippen LogP) is 2.88. The van der Waals surface area contributed by atoms with Crippen molar-refractivity contribution in [3.8, 4) is 5.75 Å². The van der Waals surface area contributed by atoms with E-state index in [0.717, 1.165) is 43.4 Å². The number of aryl methyl sites for hydroxylation is 1. The van der Waals surface area contributed by atoms with Crippen LogP contribution >= 0.6 is 0 Å². The number of ether oxygens (including phenoxy) is 1. The topological polar surface area (TPSA) is 58.6 Å². The van der Waals surface area contributed by atoms with Crippen molar-refractivity contribution >= 4 is 17.5 Å². The summed E-state index contributed by atoms with van der Waals surface area (Å²) in [6.07, 6.45) is 8.26. The van der Waals surface area contributed by atoms with Crippen LogP contribution in [0.3, 0.4) is 0 Å². The third-order valence-corrected chi connectivity index (χ3v) is 5.28. The fourth-order valence-electron chi connectivity index (χ4n) is 3.91. The van der Waals surface area contributed by atoms with Gasteiger partial charge in [-0.15, -0.1) is 0 Å². The number of amides is 2. The number of nitrogens with zero attached hydrogens (tertiary/aromatic N) is 1. The molecular weight excluding hydrogens is 304 g/mol. The van der Waals surface area contributed by atoms with E-state index < -0.39 is 0 Å². The number of anilines is 1. The zero-order valence-electron chi connectivity index (χ0n) is 13.9. The van der Waals surface area contributed by atoms with Crippen LogP contribution in [0.4, 0.5) is 5.69 Å². The zero-order valence-corrected chi connectivity index (χ0v) is 13.9. The number of rotatable bonds is 5. The summed E-state index contributed by atoms with van der Waals surface area (Å²) >= 11 is 0. The van der Waals surface area contributed by atoms with Crippen LogP contribution in [0.2, 0.25) is 0 Å². The molecule has 1 N–H and O–H groups in total. The monoisotopic (exact) mass is 328 g/mol. The molecule has 3 aliphatic rings. The first-order chi connectivity index (χ1) is 11.7. The lowest BCUT2D eigenvalue weighted by Crippen LogP contribution is -2.43. The molecule has 2 fully saturated rings. The molecule has 1 heterocycles. The highest BCUT2D eigenvalue weighted by Crippen LogP contribution is 2.34. The molecule has 0 saturated heterocycles. The first kappa shape index (κ1) is 15.5. The number of hydrogen-bond acceptors (Lipinski definition) is 3. The average Bonchev–Trinajstić information content (AvgIpc) is 3.27. The number of hydrogen-bond donors (Lipinski definition) is 1. The van der Waals surface area contributed by atoms with Gasteiger partial charge in [-0.3, -0.25) is 9.59 Å². The summed E-state index contributed by atoms with van der Waals surface area (Å²) in [5.74, 6) is 0.888. The third kappa shape index (κ3) is 3.25. The van der Waals surface area contributed by atoms with Crippen molar-refractivity contribution in [2.24, 2.45) is 0 Å².